The topological polar surface area (TPSA) is 84.7 Å². The molecule has 19 heavy (non-hydrogen) atoms. The highest BCUT2D eigenvalue weighted by Crippen LogP contribution is 2.16. The van der Waals surface area contributed by atoms with Crippen molar-refractivity contribution in [1.29, 1.82) is 0 Å². The molecule has 1 heterocycles. The second kappa shape index (κ2) is 5.98. The van der Waals surface area contributed by atoms with Crippen molar-refractivity contribution in [1.82, 2.24) is 9.84 Å². The van der Waals surface area contributed by atoms with Crippen LogP contribution in [0.3, 0.4) is 0 Å². The minimum Gasteiger partial charge on any atom is -0.379 e. The van der Waals surface area contributed by atoms with Gasteiger partial charge in [-0.15, -0.1) is 4.83 Å². The number of benzene rings is 1. The minimum atomic E-state index is -3.55. The van der Waals surface area contributed by atoms with Crippen molar-refractivity contribution in [2.24, 2.45) is 5.73 Å². The maximum Gasteiger partial charge on any atom is 0.253 e. The van der Waals surface area contributed by atoms with E-state index >= 15 is 0 Å². The first-order valence-corrected chi connectivity index (χ1v) is 7.68. The molecule has 2 rings (SSSR count). The molecule has 1 aliphatic rings. The van der Waals surface area contributed by atoms with Crippen molar-refractivity contribution in [3.05, 3.63) is 29.8 Å². The fourth-order valence-electron chi connectivity index (χ4n) is 1.84. The molecule has 0 bridgehead atoms. The molecular formula is C12H19N3O3S. The smallest absolute Gasteiger partial charge is 0.253 e. The first-order valence-electron chi connectivity index (χ1n) is 6.20. The van der Waals surface area contributed by atoms with E-state index in [-0.39, 0.29) is 10.9 Å². The number of hydrogen-bond acceptors (Lipinski definition) is 5. The highest BCUT2D eigenvalue weighted by molar-refractivity contribution is 7.89. The molecule has 6 nitrogen and oxygen atoms in total. The summed E-state index contributed by atoms with van der Waals surface area (Å²) in [5, 5.41) is 1.65. The summed E-state index contributed by atoms with van der Waals surface area (Å²) in [5.41, 5.74) is 6.56. The van der Waals surface area contributed by atoms with Gasteiger partial charge >= 0.3 is 0 Å². The summed E-state index contributed by atoms with van der Waals surface area (Å²) in [5.74, 6) is 0. The van der Waals surface area contributed by atoms with Gasteiger partial charge in [0.05, 0.1) is 18.1 Å². The number of sulfonamides is 1. The van der Waals surface area contributed by atoms with Gasteiger partial charge < -0.3 is 10.5 Å². The first-order chi connectivity index (χ1) is 8.99. The van der Waals surface area contributed by atoms with Crippen LogP contribution < -0.4 is 10.6 Å². The maximum absolute atomic E-state index is 12.2. The summed E-state index contributed by atoms with van der Waals surface area (Å²) in [6.07, 6.45) is 0. The molecule has 0 amide bonds. The fraction of sp³-hybridized carbons (Fsp3) is 0.500. The molecule has 1 fully saturated rings. The van der Waals surface area contributed by atoms with Crippen LogP contribution >= 0.6 is 0 Å². The molecule has 3 N–H and O–H groups in total. The molecular weight excluding hydrogens is 266 g/mol. The summed E-state index contributed by atoms with van der Waals surface area (Å²) in [6.45, 7) is 3.98. The minimum absolute atomic E-state index is 0.196. The third-order valence-corrected chi connectivity index (χ3v) is 4.33. The van der Waals surface area contributed by atoms with E-state index in [0.717, 1.165) is 5.56 Å². The second-order valence-corrected chi connectivity index (χ2v) is 6.22. The Labute approximate surface area is 113 Å². The standard InChI is InChI=1S/C12H19N3O3S/c1-10(13)11-3-2-4-12(9-11)19(16,17)14-15-5-7-18-8-6-15/h2-4,9-10,14H,5-8,13H2,1H3. The van der Waals surface area contributed by atoms with E-state index in [4.69, 9.17) is 10.5 Å². The first kappa shape index (κ1) is 14.4. The van der Waals surface area contributed by atoms with Gasteiger partial charge in [0.15, 0.2) is 0 Å². The molecule has 1 saturated heterocycles. The Bertz CT molecular complexity index is 525. The lowest BCUT2D eigenvalue weighted by Gasteiger charge is -2.26. The molecule has 0 spiro atoms. The fourth-order valence-corrected chi connectivity index (χ4v) is 3.02. The Hall–Kier alpha value is -0.990. The normalized spacial score (nSPS) is 19.3. The van der Waals surface area contributed by atoms with E-state index in [0.29, 0.717) is 26.3 Å². The molecule has 0 radical (unpaired) electrons. The van der Waals surface area contributed by atoms with Crippen LogP contribution in [-0.4, -0.2) is 39.7 Å². The molecule has 1 aromatic rings. The predicted molar refractivity (Wildman–Crippen MR) is 71.8 cm³/mol. The van der Waals surface area contributed by atoms with Crippen molar-refractivity contribution in [2.45, 2.75) is 17.9 Å². The van der Waals surface area contributed by atoms with E-state index < -0.39 is 10.0 Å². The van der Waals surface area contributed by atoms with E-state index in [2.05, 4.69) is 4.83 Å². The SMILES string of the molecule is CC(N)c1cccc(S(=O)(=O)NN2CCOCC2)c1. The Morgan fingerprint density at radius 1 is 1.37 bits per heavy atom. The average molecular weight is 285 g/mol. The van der Waals surface area contributed by atoms with Crippen LogP contribution in [0.25, 0.3) is 0 Å². The highest BCUT2D eigenvalue weighted by atomic mass is 32.2. The lowest BCUT2D eigenvalue weighted by atomic mass is 10.1. The van der Waals surface area contributed by atoms with Crippen molar-refractivity contribution in [3.63, 3.8) is 0 Å². The third-order valence-electron chi connectivity index (χ3n) is 2.95. The van der Waals surface area contributed by atoms with Gasteiger partial charge in [0.2, 0.25) is 0 Å². The van der Waals surface area contributed by atoms with E-state index in [1.165, 1.54) is 0 Å². The lowest BCUT2D eigenvalue weighted by molar-refractivity contribution is 0.0272. The quantitative estimate of drug-likeness (QED) is 0.827. The molecule has 0 aliphatic carbocycles. The van der Waals surface area contributed by atoms with Crippen molar-refractivity contribution >= 4 is 10.0 Å². The van der Waals surface area contributed by atoms with Gasteiger partial charge in [-0.05, 0) is 24.6 Å². The third kappa shape index (κ3) is 3.74. The Morgan fingerprint density at radius 3 is 2.68 bits per heavy atom. The Morgan fingerprint density at radius 2 is 2.05 bits per heavy atom. The molecule has 1 unspecified atom stereocenters. The zero-order valence-electron chi connectivity index (χ0n) is 10.9. The number of nitrogens with two attached hydrogens (primary N) is 1. The Kier molecular flexibility index (Phi) is 4.54. The zero-order valence-corrected chi connectivity index (χ0v) is 11.7. The van der Waals surface area contributed by atoms with Crippen molar-refractivity contribution in [3.8, 4) is 0 Å². The number of nitrogens with zero attached hydrogens (tertiary/aromatic N) is 1. The van der Waals surface area contributed by atoms with Crippen LogP contribution in [0.2, 0.25) is 0 Å². The van der Waals surface area contributed by atoms with E-state index in [1.54, 1.807) is 23.2 Å². The maximum atomic E-state index is 12.2. The molecule has 0 saturated carbocycles. The van der Waals surface area contributed by atoms with Gasteiger partial charge in [-0.1, -0.05) is 12.1 Å². The number of hydrogen-bond donors (Lipinski definition) is 2. The largest absolute Gasteiger partial charge is 0.379 e. The monoisotopic (exact) mass is 285 g/mol. The highest BCUT2D eigenvalue weighted by Gasteiger charge is 2.20. The number of hydrazine groups is 1. The Balaban J connectivity index is 2.16. The lowest BCUT2D eigenvalue weighted by Crippen LogP contribution is -2.48. The summed E-state index contributed by atoms with van der Waals surface area (Å²) < 4.78 is 29.7. The van der Waals surface area contributed by atoms with Crippen LogP contribution in [0.15, 0.2) is 29.2 Å². The van der Waals surface area contributed by atoms with Crippen molar-refractivity contribution in [2.75, 3.05) is 26.3 Å². The number of nitrogens with one attached hydrogen (secondary N) is 1. The number of ether oxygens (including phenoxy) is 1. The molecule has 1 aromatic carbocycles. The molecule has 0 aromatic heterocycles. The van der Waals surface area contributed by atoms with Gasteiger partial charge in [0.1, 0.15) is 0 Å². The van der Waals surface area contributed by atoms with Gasteiger partial charge in [-0.3, -0.25) is 0 Å². The van der Waals surface area contributed by atoms with E-state index in [9.17, 15) is 8.42 Å². The summed E-state index contributed by atoms with van der Waals surface area (Å²) >= 11 is 0. The molecule has 106 valence electrons. The second-order valence-electron chi connectivity index (χ2n) is 4.56. The van der Waals surface area contributed by atoms with Crippen LogP contribution in [0.4, 0.5) is 0 Å². The van der Waals surface area contributed by atoms with Crippen molar-refractivity contribution < 1.29 is 13.2 Å². The van der Waals surface area contributed by atoms with Crippen LogP contribution in [-0.2, 0) is 14.8 Å². The van der Waals surface area contributed by atoms with Gasteiger partial charge in [0.25, 0.3) is 10.0 Å². The molecule has 1 atom stereocenters. The van der Waals surface area contributed by atoms with E-state index in [1.807, 2.05) is 13.0 Å². The average Bonchev–Trinajstić information content (AvgIpc) is 2.39. The van der Waals surface area contributed by atoms with Crippen LogP contribution in [0.1, 0.15) is 18.5 Å². The summed E-state index contributed by atoms with van der Waals surface area (Å²) in [7, 11) is -3.55. The summed E-state index contributed by atoms with van der Waals surface area (Å²) in [4.78, 5) is 2.79. The summed E-state index contributed by atoms with van der Waals surface area (Å²) in [6, 6.07) is 6.49. The number of morpholine rings is 1. The van der Waals surface area contributed by atoms with Gasteiger partial charge in [-0.25, -0.2) is 13.4 Å². The predicted octanol–water partition coefficient (Wildman–Crippen LogP) is 0.232. The number of rotatable bonds is 4. The van der Waals surface area contributed by atoms with Gasteiger partial charge in [-0.2, -0.15) is 0 Å². The van der Waals surface area contributed by atoms with Gasteiger partial charge in [0, 0.05) is 19.1 Å². The molecule has 1 aliphatic heterocycles. The zero-order chi connectivity index (χ0) is 13.9. The van der Waals surface area contributed by atoms with Crippen LogP contribution in [0.5, 0.6) is 0 Å². The molecule has 7 heteroatoms. The van der Waals surface area contributed by atoms with Crippen LogP contribution in [0, 0.1) is 0 Å².